The molecule has 1 aromatic rings. The van der Waals surface area contributed by atoms with Crippen LogP contribution in [0.4, 0.5) is 5.69 Å². The number of ketones is 1. The second-order valence-corrected chi connectivity index (χ2v) is 4.73. The number of anilines is 1. The Balaban J connectivity index is 2.02. The third-order valence-corrected chi connectivity index (χ3v) is 3.17. The topological polar surface area (TPSA) is 29.1 Å². The van der Waals surface area contributed by atoms with Gasteiger partial charge in [0.1, 0.15) is 0 Å². The van der Waals surface area contributed by atoms with E-state index in [1.807, 2.05) is 36.6 Å². The van der Waals surface area contributed by atoms with Crippen molar-refractivity contribution in [1.29, 1.82) is 0 Å². The summed E-state index contributed by atoms with van der Waals surface area (Å²) in [7, 11) is 0. The Morgan fingerprint density at radius 1 is 1.38 bits per heavy atom. The van der Waals surface area contributed by atoms with Crippen molar-refractivity contribution in [2.45, 2.75) is 12.8 Å². The molecule has 0 aliphatic heterocycles. The fourth-order valence-electron chi connectivity index (χ4n) is 1.42. The van der Waals surface area contributed by atoms with Gasteiger partial charge in [-0.05, 0) is 31.2 Å². The normalized spacial score (nSPS) is 15.9. The smallest absolute Gasteiger partial charge is 0.161 e. The predicted molar refractivity (Wildman–Crippen MR) is 69.4 cm³/mol. The Morgan fingerprint density at radius 3 is 2.62 bits per heavy atom. The van der Waals surface area contributed by atoms with E-state index in [2.05, 4.69) is 5.32 Å². The lowest BCUT2D eigenvalue weighted by Crippen LogP contribution is -2.01. The van der Waals surface area contributed by atoms with Crippen LogP contribution in [-0.4, -0.2) is 12.0 Å². The van der Waals surface area contributed by atoms with Gasteiger partial charge in [0.25, 0.3) is 0 Å². The van der Waals surface area contributed by atoms with Crippen LogP contribution in [0.15, 0.2) is 41.4 Å². The van der Waals surface area contributed by atoms with Gasteiger partial charge >= 0.3 is 0 Å². The Kier molecular flexibility index (Phi) is 3.67. The molecule has 0 aromatic heterocycles. The predicted octanol–water partition coefficient (Wildman–Crippen LogP) is 3.28. The van der Waals surface area contributed by atoms with Crippen LogP contribution in [0.5, 0.6) is 0 Å². The summed E-state index contributed by atoms with van der Waals surface area (Å²) in [5.41, 5.74) is 1.02. The summed E-state index contributed by atoms with van der Waals surface area (Å²) in [6, 6.07) is 9.91. The first kappa shape index (κ1) is 11.3. The van der Waals surface area contributed by atoms with Crippen LogP contribution in [0.2, 0.25) is 0 Å². The molecule has 2 nitrogen and oxygen atoms in total. The molecule has 0 spiro atoms. The van der Waals surface area contributed by atoms with Gasteiger partial charge in [-0.15, -0.1) is 11.8 Å². The van der Waals surface area contributed by atoms with Crippen molar-refractivity contribution >= 4 is 23.2 Å². The van der Waals surface area contributed by atoms with E-state index in [1.54, 1.807) is 17.8 Å². The first-order chi connectivity index (χ1) is 7.79. The zero-order chi connectivity index (χ0) is 11.4. The van der Waals surface area contributed by atoms with Crippen LogP contribution in [0.25, 0.3) is 0 Å². The molecule has 3 heteroatoms. The molecule has 0 radical (unpaired) electrons. The van der Waals surface area contributed by atoms with E-state index < -0.39 is 0 Å². The van der Waals surface area contributed by atoms with Gasteiger partial charge in [-0.3, -0.25) is 4.79 Å². The Labute approximate surface area is 100 Å². The second-order valence-electron chi connectivity index (χ2n) is 3.88. The van der Waals surface area contributed by atoms with Crippen LogP contribution >= 0.6 is 11.8 Å². The molecule has 1 fully saturated rings. The number of nitrogens with one attached hydrogen (secondary N) is 1. The molecule has 1 aliphatic carbocycles. The largest absolute Gasteiger partial charge is 0.350 e. The van der Waals surface area contributed by atoms with E-state index in [0.717, 1.165) is 23.6 Å². The third kappa shape index (κ3) is 3.14. The van der Waals surface area contributed by atoms with Gasteiger partial charge in [-0.1, -0.05) is 18.2 Å². The van der Waals surface area contributed by atoms with Gasteiger partial charge in [0.2, 0.25) is 0 Å². The number of benzene rings is 1. The number of allylic oxidation sites excluding steroid dienone is 1. The van der Waals surface area contributed by atoms with Crippen molar-refractivity contribution in [3.05, 3.63) is 41.4 Å². The molecule has 1 aliphatic rings. The minimum absolute atomic E-state index is 0.257. The van der Waals surface area contributed by atoms with Gasteiger partial charge < -0.3 is 5.32 Å². The molecular weight excluding hydrogens is 218 g/mol. The lowest BCUT2D eigenvalue weighted by Gasteiger charge is -2.07. The molecule has 0 amide bonds. The molecule has 1 N–H and O–H groups in total. The van der Waals surface area contributed by atoms with Crippen molar-refractivity contribution in [2.24, 2.45) is 5.92 Å². The first-order valence-electron chi connectivity index (χ1n) is 5.41. The number of carbonyl (C=O) groups is 1. The number of carbonyl (C=O) groups excluding carboxylic acids is 1. The van der Waals surface area contributed by atoms with E-state index in [0.29, 0.717) is 5.92 Å². The molecule has 1 saturated carbocycles. The molecule has 16 heavy (non-hydrogen) atoms. The summed E-state index contributed by atoms with van der Waals surface area (Å²) in [6.07, 6.45) is 5.82. The summed E-state index contributed by atoms with van der Waals surface area (Å²) in [5, 5.41) is 4.16. The minimum atomic E-state index is 0.257. The summed E-state index contributed by atoms with van der Waals surface area (Å²) in [5.74, 6) is 0.549. The van der Waals surface area contributed by atoms with Crippen LogP contribution in [0, 0.1) is 5.92 Å². The summed E-state index contributed by atoms with van der Waals surface area (Å²) in [4.78, 5) is 11.6. The van der Waals surface area contributed by atoms with E-state index in [4.69, 9.17) is 0 Å². The van der Waals surface area contributed by atoms with E-state index in [9.17, 15) is 4.79 Å². The quantitative estimate of drug-likeness (QED) is 0.791. The highest BCUT2D eigenvalue weighted by Crippen LogP contribution is 2.31. The van der Waals surface area contributed by atoms with Crippen molar-refractivity contribution in [3.63, 3.8) is 0 Å². The van der Waals surface area contributed by atoms with Crippen LogP contribution in [-0.2, 0) is 4.79 Å². The summed E-state index contributed by atoms with van der Waals surface area (Å²) >= 11 is 1.57. The van der Waals surface area contributed by atoms with E-state index >= 15 is 0 Å². The Hall–Kier alpha value is -1.22. The van der Waals surface area contributed by atoms with Crippen molar-refractivity contribution in [3.8, 4) is 0 Å². The lowest BCUT2D eigenvalue weighted by atomic mass is 10.2. The number of hydrogen-bond acceptors (Lipinski definition) is 3. The molecular formula is C13H15NOS. The van der Waals surface area contributed by atoms with E-state index in [1.165, 1.54) is 0 Å². The van der Waals surface area contributed by atoms with Crippen molar-refractivity contribution in [1.82, 2.24) is 0 Å². The number of hydrogen-bond donors (Lipinski definition) is 1. The van der Waals surface area contributed by atoms with Crippen molar-refractivity contribution in [2.75, 3.05) is 11.6 Å². The number of thioether (sulfide) groups is 1. The fraction of sp³-hybridized carbons (Fsp3) is 0.308. The highest BCUT2D eigenvalue weighted by atomic mass is 32.2. The molecule has 0 unspecified atom stereocenters. The Morgan fingerprint density at radius 2 is 2.06 bits per heavy atom. The minimum Gasteiger partial charge on any atom is -0.350 e. The summed E-state index contributed by atoms with van der Waals surface area (Å²) in [6.45, 7) is 0. The molecule has 0 saturated heterocycles. The van der Waals surface area contributed by atoms with Crippen LogP contribution in [0.1, 0.15) is 12.8 Å². The maximum atomic E-state index is 11.6. The van der Waals surface area contributed by atoms with Gasteiger partial charge in [0.15, 0.2) is 5.78 Å². The standard InChI is InChI=1S/C13H15NOS/c1-16-13(9-12(15)10-7-8-10)14-11-5-3-2-4-6-11/h2-6,9-10,14H,7-8H2,1H3/b13-9+. The highest BCUT2D eigenvalue weighted by molar-refractivity contribution is 8.02. The zero-order valence-corrected chi connectivity index (χ0v) is 10.1. The van der Waals surface area contributed by atoms with Crippen molar-refractivity contribution < 1.29 is 4.79 Å². The Bertz CT molecular complexity index is 396. The van der Waals surface area contributed by atoms with Gasteiger partial charge in [0.05, 0.1) is 5.03 Å². The molecule has 0 heterocycles. The third-order valence-electron chi connectivity index (χ3n) is 2.51. The molecule has 0 bridgehead atoms. The maximum Gasteiger partial charge on any atom is 0.161 e. The monoisotopic (exact) mass is 233 g/mol. The molecule has 2 rings (SSSR count). The molecule has 0 atom stereocenters. The number of rotatable bonds is 5. The zero-order valence-electron chi connectivity index (χ0n) is 9.27. The van der Waals surface area contributed by atoms with Gasteiger partial charge in [-0.25, -0.2) is 0 Å². The average Bonchev–Trinajstić information content (AvgIpc) is 3.13. The highest BCUT2D eigenvalue weighted by Gasteiger charge is 2.28. The lowest BCUT2D eigenvalue weighted by molar-refractivity contribution is -0.115. The van der Waals surface area contributed by atoms with Gasteiger partial charge in [0, 0.05) is 17.7 Å². The summed E-state index contributed by atoms with van der Waals surface area (Å²) < 4.78 is 0. The molecule has 84 valence electrons. The second kappa shape index (κ2) is 5.21. The average molecular weight is 233 g/mol. The van der Waals surface area contributed by atoms with Crippen LogP contribution < -0.4 is 5.32 Å². The SMILES string of the molecule is CS/C(=C/C(=O)C1CC1)Nc1ccccc1. The number of para-hydroxylation sites is 1. The fourth-order valence-corrected chi connectivity index (χ4v) is 1.88. The first-order valence-corrected chi connectivity index (χ1v) is 6.63. The van der Waals surface area contributed by atoms with Crippen LogP contribution in [0.3, 0.4) is 0 Å². The van der Waals surface area contributed by atoms with E-state index in [-0.39, 0.29) is 5.78 Å². The maximum absolute atomic E-state index is 11.6. The molecule has 1 aromatic carbocycles. The van der Waals surface area contributed by atoms with Gasteiger partial charge in [-0.2, -0.15) is 0 Å².